The number of aliphatic hydroxyl groups excluding tert-OH is 1. The average Bonchev–Trinajstić information content (AvgIpc) is 2.87. The number of carboxylic acid groups (broad SMARTS) is 3. The summed E-state index contributed by atoms with van der Waals surface area (Å²) in [6, 6.07) is -0.490. The Kier molecular flexibility index (Phi) is 5.88. The highest BCUT2D eigenvalue weighted by molar-refractivity contribution is 5.97. The maximum Gasteiger partial charge on any atom is 0.332 e. The molecule has 9 heteroatoms. The van der Waals surface area contributed by atoms with Gasteiger partial charge in [0, 0.05) is 12.1 Å². The molecule has 1 aromatic heterocycles. The van der Waals surface area contributed by atoms with E-state index < -0.39 is 36.6 Å². The summed E-state index contributed by atoms with van der Waals surface area (Å²) in [7, 11) is 0. The van der Waals surface area contributed by atoms with Gasteiger partial charge in [-0.05, 0) is 12.5 Å². The highest BCUT2D eigenvalue weighted by atomic mass is 16.4. The minimum atomic E-state index is -1.99. The van der Waals surface area contributed by atoms with Crippen LogP contribution in [0.3, 0.4) is 0 Å². The van der Waals surface area contributed by atoms with Gasteiger partial charge in [-0.3, -0.25) is 9.69 Å². The minimum Gasteiger partial charge on any atom is -0.480 e. The van der Waals surface area contributed by atoms with Crippen molar-refractivity contribution in [3.8, 4) is 0 Å². The Morgan fingerprint density at radius 1 is 1.19 bits per heavy atom. The number of nitrogens with zero attached hydrogens (tertiary/aromatic N) is 1. The number of carboxylic acids is 3. The molecule has 0 spiro atoms. The molecule has 116 valence electrons. The zero-order chi connectivity index (χ0) is 16.0. The van der Waals surface area contributed by atoms with Crippen molar-refractivity contribution in [1.29, 1.82) is 0 Å². The van der Waals surface area contributed by atoms with Crippen molar-refractivity contribution < 1.29 is 39.2 Å². The molecule has 0 amide bonds. The van der Waals surface area contributed by atoms with Gasteiger partial charge in [0.2, 0.25) is 6.04 Å². The molecule has 4 N–H and O–H groups in total. The van der Waals surface area contributed by atoms with Gasteiger partial charge in [-0.15, -0.1) is 0 Å². The third-order valence-electron chi connectivity index (χ3n) is 2.79. The zero-order valence-corrected chi connectivity index (χ0v) is 10.9. The minimum absolute atomic E-state index is 0.0378. The second-order valence-electron chi connectivity index (χ2n) is 4.30. The lowest BCUT2D eigenvalue weighted by Crippen LogP contribution is -2.49. The lowest BCUT2D eigenvalue weighted by molar-refractivity contribution is -0.158. The highest BCUT2D eigenvalue weighted by Gasteiger charge is 2.34. The highest BCUT2D eigenvalue weighted by Crippen LogP contribution is 2.18. The predicted molar refractivity (Wildman–Crippen MR) is 66.6 cm³/mol. The van der Waals surface area contributed by atoms with E-state index in [1.807, 2.05) is 0 Å². The van der Waals surface area contributed by atoms with Crippen LogP contribution in [0.4, 0.5) is 0 Å². The Balaban J connectivity index is 2.75. The number of rotatable bonds is 9. The molecule has 9 nitrogen and oxygen atoms in total. The molecule has 1 rings (SSSR count). The first-order valence-corrected chi connectivity index (χ1v) is 5.94. The summed E-state index contributed by atoms with van der Waals surface area (Å²) in [5, 5.41) is 36.3. The third kappa shape index (κ3) is 4.89. The van der Waals surface area contributed by atoms with Gasteiger partial charge in [-0.2, -0.15) is 0 Å². The van der Waals surface area contributed by atoms with Gasteiger partial charge in [0.15, 0.2) is 0 Å². The van der Waals surface area contributed by atoms with Gasteiger partial charge in [-0.1, -0.05) is 0 Å². The van der Waals surface area contributed by atoms with Crippen molar-refractivity contribution in [3.63, 3.8) is 0 Å². The number of carbonyl (C=O) groups is 3. The van der Waals surface area contributed by atoms with E-state index in [1.54, 1.807) is 0 Å². The summed E-state index contributed by atoms with van der Waals surface area (Å²) in [6.07, 6.45) is 1.58. The predicted octanol–water partition coefficient (Wildman–Crippen LogP) is -0.372. The topological polar surface area (TPSA) is 149 Å². The molecule has 21 heavy (non-hydrogen) atoms. The molecule has 0 aliphatic rings. The molecular formula is C12H15NO8. The summed E-state index contributed by atoms with van der Waals surface area (Å²) in [4.78, 5) is 33.4. The van der Waals surface area contributed by atoms with Gasteiger partial charge in [0.1, 0.15) is 0 Å². The Morgan fingerprint density at radius 2 is 1.81 bits per heavy atom. The Bertz CT molecular complexity index is 483. The van der Waals surface area contributed by atoms with Crippen LogP contribution in [-0.4, -0.2) is 62.4 Å². The molecule has 0 radical (unpaired) electrons. The largest absolute Gasteiger partial charge is 0.480 e. The van der Waals surface area contributed by atoms with Crippen LogP contribution in [0.15, 0.2) is 23.0 Å². The molecule has 1 atom stereocenters. The normalized spacial score (nSPS) is 12.5. The molecule has 0 aliphatic heterocycles. The van der Waals surface area contributed by atoms with Crippen LogP contribution < -0.4 is 0 Å². The van der Waals surface area contributed by atoms with Gasteiger partial charge in [0.25, 0.3) is 0 Å². The fraction of sp³-hybridized carbons (Fsp3) is 0.417. The van der Waals surface area contributed by atoms with Crippen molar-refractivity contribution in [2.24, 2.45) is 0 Å². The van der Waals surface area contributed by atoms with E-state index in [0.29, 0.717) is 5.56 Å². The molecule has 1 unspecified atom stereocenters. The Labute approximate surface area is 119 Å². The van der Waals surface area contributed by atoms with E-state index in [2.05, 4.69) is 0 Å². The van der Waals surface area contributed by atoms with Crippen LogP contribution in [-0.2, 0) is 14.4 Å². The first-order chi connectivity index (χ1) is 9.82. The van der Waals surface area contributed by atoms with Crippen LogP contribution >= 0.6 is 0 Å². The van der Waals surface area contributed by atoms with Crippen LogP contribution in [0.5, 0.6) is 0 Å². The lowest BCUT2D eigenvalue weighted by Gasteiger charge is -2.25. The van der Waals surface area contributed by atoms with Crippen molar-refractivity contribution in [1.82, 2.24) is 4.90 Å². The van der Waals surface area contributed by atoms with Gasteiger partial charge in [0.05, 0.1) is 25.2 Å². The fourth-order valence-electron chi connectivity index (χ4n) is 1.81. The molecule has 0 aliphatic carbocycles. The molecule has 1 heterocycles. The number of hydrogen-bond donors (Lipinski definition) is 4. The van der Waals surface area contributed by atoms with Crippen LogP contribution in [0, 0.1) is 0 Å². The standard InChI is InChI=1S/C12H15NO8/c14-8(7-2-4-21-6-7)1-3-13(5-9(15)16)10(11(17)18)12(19)20/h2,4,6,8,10,14H,1,3,5H2,(H,15,16)(H,17,18)(H,19,20). The summed E-state index contributed by atoms with van der Waals surface area (Å²) in [5.41, 5.74) is 0.437. The Hall–Kier alpha value is -2.39. The zero-order valence-electron chi connectivity index (χ0n) is 10.9. The van der Waals surface area contributed by atoms with E-state index >= 15 is 0 Å². The van der Waals surface area contributed by atoms with Crippen molar-refractivity contribution in [3.05, 3.63) is 24.2 Å². The van der Waals surface area contributed by atoms with Gasteiger partial charge >= 0.3 is 17.9 Å². The molecule has 0 saturated carbocycles. The van der Waals surface area contributed by atoms with E-state index in [1.165, 1.54) is 18.6 Å². The number of aliphatic carboxylic acids is 3. The Morgan fingerprint density at radius 3 is 2.24 bits per heavy atom. The molecular weight excluding hydrogens is 286 g/mol. The molecule has 0 saturated heterocycles. The second kappa shape index (κ2) is 7.41. The first-order valence-electron chi connectivity index (χ1n) is 5.94. The van der Waals surface area contributed by atoms with E-state index in [-0.39, 0.29) is 13.0 Å². The van der Waals surface area contributed by atoms with E-state index in [9.17, 15) is 19.5 Å². The molecule has 0 fully saturated rings. The molecule has 0 aromatic carbocycles. The molecule has 0 bridgehead atoms. The van der Waals surface area contributed by atoms with Crippen molar-refractivity contribution in [2.75, 3.05) is 13.1 Å². The summed E-state index contributed by atoms with van der Waals surface area (Å²) < 4.78 is 4.77. The number of hydrogen-bond acceptors (Lipinski definition) is 6. The monoisotopic (exact) mass is 301 g/mol. The molecule has 1 aromatic rings. The van der Waals surface area contributed by atoms with Crippen LogP contribution in [0.1, 0.15) is 18.1 Å². The summed E-state index contributed by atoms with van der Waals surface area (Å²) in [5.74, 6) is -4.69. The summed E-state index contributed by atoms with van der Waals surface area (Å²) in [6.45, 7) is -0.983. The van der Waals surface area contributed by atoms with Crippen LogP contribution in [0.2, 0.25) is 0 Å². The number of aliphatic hydroxyl groups is 1. The second-order valence-corrected chi connectivity index (χ2v) is 4.30. The maximum atomic E-state index is 10.9. The maximum absolute atomic E-state index is 10.9. The van der Waals surface area contributed by atoms with Gasteiger partial charge < -0.3 is 24.8 Å². The smallest absolute Gasteiger partial charge is 0.332 e. The van der Waals surface area contributed by atoms with E-state index in [4.69, 9.17) is 19.7 Å². The quantitative estimate of drug-likeness (QED) is 0.448. The SMILES string of the molecule is O=C(O)CN(CCC(O)c1ccoc1)C(C(=O)O)C(=O)O. The van der Waals surface area contributed by atoms with Crippen LogP contribution in [0.25, 0.3) is 0 Å². The van der Waals surface area contributed by atoms with Gasteiger partial charge in [-0.25, -0.2) is 9.59 Å². The van der Waals surface area contributed by atoms with Crippen molar-refractivity contribution >= 4 is 17.9 Å². The first kappa shape index (κ1) is 16.7. The lowest BCUT2D eigenvalue weighted by atomic mass is 10.1. The third-order valence-corrected chi connectivity index (χ3v) is 2.79. The summed E-state index contributed by atoms with van der Waals surface area (Å²) >= 11 is 0. The average molecular weight is 301 g/mol. The van der Waals surface area contributed by atoms with E-state index in [0.717, 1.165) is 4.90 Å². The fourth-order valence-corrected chi connectivity index (χ4v) is 1.81. The number of furan rings is 1. The van der Waals surface area contributed by atoms with Crippen molar-refractivity contribution in [2.45, 2.75) is 18.6 Å².